The number of rotatable bonds is 6. The van der Waals surface area contributed by atoms with E-state index in [1.54, 1.807) is 0 Å². The van der Waals surface area contributed by atoms with Crippen molar-refractivity contribution in [2.45, 2.75) is 65.0 Å². The minimum Gasteiger partial charge on any atom is -0.366 e. The molecule has 0 radical (unpaired) electrons. The van der Waals surface area contributed by atoms with Crippen molar-refractivity contribution in [3.05, 3.63) is 29.3 Å². The molecule has 1 aliphatic heterocycles. The Labute approximate surface area is 135 Å². The second-order valence-electron chi connectivity index (χ2n) is 7.42. The van der Waals surface area contributed by atoms with Gasteiger partial charge in [0, 0.05) is 36.3 Å². The first-order valence-electron chi connectivity index (χ1n) is 8.56. The van der Waals surface area contributed by atoms with Crippen molar-refractivity contribution in [3.8, 4) is 0 Å². The second-order valence-corrected chi connectivity index (χ2v) is 7.42. The largest absolute Gasteiger partial charge is 0.366 e. The normalized spacial score (nSPS) is 16.9. The van der Waals surface area contributed by atoms with Crippen LogP contribution in [0.15, 0.2) is 18.2 Å². The van der Waals surface area contributed by atoms with E-state index in [2.05, 4.69) is 63.0 Å². The van der Waals surface area contributed by atoms with Gasteiger partial charge in [-0.05, 0) is 50.8 Å². The Kier molecular flexibility index (Phi) is 5.16. The molecule has 0 aliphatic carbocycles. The highest BCUT2D eigenvalue weighted by atomic mass is 19.1. The molecule has 0 atom stereocenters. The molecule has 0 fully saturated rings. The fourth-order valence-electron chi connectivity index (χ4n) is 3.75. The highest BCUT2D eigenvalue weighted by Gasteiger charge is 2.44. The minimum atomic E-state index is -0.310. The molecule has 2 nitrogen and oxygen atoms in total. The van der Waals surface area contributed by atoms with Crippen LogP contribution in [0.2, 0.25) is 0 Å². The topological polar surface area (TPSA) is 15.3 Å². The van der Waals surface area contributed by atoms with Gasteiger partial charge in [-0.3, -0.25) is 0 Å². The van der Waals surface area contributed by atoms with Crippen molar-refractivity contribution in [2.24, 2.45) is 0 Å². The number of nitrogens with one attached hydrogen (secondary N) is 1. The van der Waals surface area contributed by atoms with E-state index in [4.69, 9.17) is 0 Å². The van der Waals surface area contributed by atoms with Gasteiger partial charge in [-0.1, -0.05) is 26.0 Å². The average Bonchev–Trinajstić information content (AvgIpc) is 2.84. The Morgan fingerprint density at radius 2 is 1.91 bits per heavy atom. The summed E-state index contributed by atoms with van der Waals surface area (Å²) in [6, 6.07) is 6.61. The molecule has 0 bridgehead atoms. The summed E-state index contributed by atoms with van der Waals surface area (Å²) in [5.41, 5.74) is 4.53. The van der Waals surface area contributed by atoms with Crippen LogP contribution in [0.25, 0.3) is 0 Å². The van der Waals surface area contributed by atoms with E-state index in [0.29, 0.717) is 6.54 Å². The van der Waals surface area contributed by atoms with E-state index in [0.717, 1.165) is 25.9 Å². The Bertz CT molecular complexity index is 501. The van der Waals surface area contributed by atoms with Crippen LogP contribution in [-0.2, 0) is 12.0 Å². The van der Waals surface area contributed by atoms with Gasteiger partial charge in [-0.2, -0.15) is 0 Å². The summed E-state index contributed by atoms with van der Waals surface area (Å²) < 4.78 is 12.4. The van der Waals surface area contributed by atoms with Gasteiger partial charge >= 0.3 is 0 Å². The van der Waals surface area contributed by atoms with Crippen molar-refractivity contribution >= 4 is 5.69 Å². The summed E-state index contributed by atoms with van der Waals surface area (Å²) in [5.74, 6) is 0. The Balaban J connectivity index is 2.48. The monoisotopic (exact) mass is 306 g/mol. The summed E-state index contributed by atoms with van der Waals surface area (Å²) in [6.07, 6.45) is 2.28. The number of alkyl halides is 1. The predicted molar refractivity (Wildman–Crippen MR) is 93.5 cm³/mol. The number of anilines is 1. The number of halogens is 1. The van der Waals surface area contributed by atoms with Crippen LogP contribution < -0.4 is 10.2 Å². The molecule has 0 amide bonds. The molecule has 1 aromatic carbocycles. The van der Waals surface area contributed by atoms with Crippen LogP contribution in [0.1, 0.15) is 58.6 Å². The first-order valence-corrected chi connectivity index (χ1v) is 8.56. The van der Waals surface area contributed by atoms with Crippen molar-refractivity contribution in [3.63, 3.8) is 0 Å². The minimum absolute atomic E-state index is 0.117. The fraction of sp³-hybridized carbons (Fsp3) is 0.684. The first-order chi connectivity index (χ1) is 10.4. The van der Waals surface area contributed by atoms with Gasteiger partial charge in [0.25, 0.3) is 0 Å². The lowest BCUT2D eigenvalue weighted by Crippen LogP contribution is -2.44. The molecular weight excluding hydrogens is 275 g/mol. The molecule has 3 heteroatoms. The molecular formula is C19H31FN2. The molecule has 1 N–H and O–H groups in total. The van der Waals surface area contributed by atoms with Crippen molar-refractivity contribution < 1.29 is 4.39 Å². The van der Waals surface area contributed by atoms with Gasteiger partial charge in [0.1, 0.15) is 6.67 Å². The predicted octanol–water partition coefficient (Wildman–Crippen LogP) is 4.42. The van der Waals surface area contributed by atoms with Crippen LogP contribution in [0.4, 0.5) is 10.1 Å². The van der Waals surface area contributed by atoms with E-state index >= 15 is 0 Å². The first kappa shape index (κ1) is 17.3. The maximum absolute atomic E-state index is 12.4. The highest BCUT2D eigenvalue weighted by molar-refractivity contribution is 5.66. The summed E-state index contributed by atoms with van der Waals surface area (Å²) >= 11 is 0. The molecule has 0 aromatic heterocycles. The molecule has 22 heavy (non-hydrogen) atoms. The standard InChI is InChI=1S/C19H31FN2/c1-6-19(7-2)14-22(18(3,4)5)16-10-8-9-15(17(16)19)13-21-12-11-20/h8-10,21H,6-7,11-14H2,1-5H3. The number of fused-ring (bicyclic) bond motifs is 1. The molecule has 1 aliphatic rings. The zero-order valence-corrected chi connectivity index (χ0v) is 14.8. The number of hydrogen-bond donors (Lipinski definition) is 1. The maximum atomic E-state index is 12.4. The van der Waals surface area contributed by atoms with Crippen molar-refractivity contribution in [1.29, 1.82) is 0 Å². The second kappa shape index (κ2) is 6.57. The van der Waals surface area contributed by atoms with E-state index in [-0.39, 0.29) is 17.6 Å². The van der Waals surface area contributed by atoms with Crippen LogP contribution in [0.5, 0.6) is 0 Å². The van der Waals surface area contributed by atoms with Gasteiger partial charge in [0.2, 0.25) is 0 Å². The molecule has 0 saturated heterocycles. The van der Waals surface area contributed by atoms with Crippen LogP contribution in [0, 0.1) is 0 Å². The molecule has 2 rings (SSSR count). The third-order valence-electron chi connectivity index (χ3n) is 5.16. The summed E-state index contributed by atoms with van der Waals surface area (Å²) in [6.45, 7) is 13.4. The van der Waals surface area contributed by atoms with Crippen LogP contribution in [-0.4, -0.2) is 25.3 Å². The lowest BCUT2D eigenvalue weighted by atomic mass is 9.75. The number of benzene rings is 1. The van der Waals surface area contributed by atoms with Gasteiger partial charge < -0.3 is 10.2 Å². The van der Waals surface area contributed by atoms with E-state index in [9.17, 15) is 4.39 Å². The molecule has 1 heterocycles. The van der Waals surface area contributed by atoms with E-state index in [1.807, 2.05) is 0 Å². The molecule has 0 spiro atoms. The van der Waals surface area contributed by atoms with Gasteiger partial charge in [0.15, 0.2) is 0 Å². The molecule has 124 valence electrons. The van der Waals surface area contributed by atoms with Crippen LogP contribution in [0.3, 0.4) is 0 Å². The maximum Gasteiger partial charge on any atom is 0.102 e. The summed E-state index contributed by atoms with van der Waals surface area (Å²) in [7, 11) is 0. The van der Waals surface area contributed by atoms with E-state index in [1.165, 1.54) is 16.8 Å². The van der Waals surface area contributed by atoms with Crippen molar-refractivity contribution in [1.82, 2.24) is 5.32 Å². The van der Waals surface area contributed by atoms with Gasteiger partial charge in [0.05, 0.1) is 0 Å². The lowest BCUT2D eigenvalue weighted by Gasteiger charge is -2.37. The average molecular weight is 306 g/mol. The third-order valence-corrected chi connectivity index (χ3v) is 5.16. The zero-order valence-electron chi connectivity index (χ0n) is 14.8. The third kappa shape index (κ3) is 3.01. The summed E-state index contributed by atoms with van der Waals surface area (Å²) in [5, 5.41) is 3.23. The fourth-order valence-corrected chi connectivity index (χ4v) is 3.75. The van der Waals surface area contributed by atoms with E-state index < -0.39 is 0 Å². The smallest absolute Gasteiger partial charge is 0.102 e. The molecule has 1 aromatic rings. The number of hydrogen-bond acceptors (Lipinski definition) is 2. The number of nitrogens with zero attached hydrogens (tertiary/aromatic N) is 1. The Hall–Kier alpha value is -1.09. The van der Waals surface area contributed by atoms with Crippen LogP contribution >= 0.6 is 0 Å². The SMILES string of the molecule is CCC1(CC)CN(C(C)(C)C)c2cccc(CNCCF)c21. The van der Waals surface area contributed by atoms with Gasteiger partial charge in [-0.15, -0.1) is 0 Å². The zero-order chi connectivity index (χ0) is 16.4. The summed E-state index contributed by atoms with van der Waals surface area (Å²) in [4.78, 5) is 2.55. The highest BCUT2D eigenvalue weighted by Crippen LogP contribution is 2.49. The molecule has 0 saturated carbocycles. The Morgan fingerprint density at radius 1 is 1.23 bits per heavy atom. The Morgan fingerprint density at radius 3 is 2.45 bits per heavy atom. The lowest BCUT2D eigenvalue weighted by molar-refractivity contribution is 0.384. The quantitative estimate of drug-likeness (QED) is 0.783. The van der Waals surface area contributed by atoms with Crippen molar-refractivity contribution in [2.75, 3.05) is 24.7 Å². The molecule has 0 unspecified atom stereocenters. The van der Waals surface area contributed by atoms with Gasteiger partial charge in [-0.25, -0.2) is 4.39 Å².